The average molecular weight is 324 g/mol. The lowest BCUT2D eigenvalue weighted by Crippen LogP contribution is -2.33. The van der Waals surface area contributed by atoms with Crippen LogP contribution in [0.2, 0.25) is 0 Å². The van der Waals surface area contributed by atoms with Crippen molar-refractivity contribution in [2.45, 2.75) is 6.04 Å². The van der Waals surface area contributed by atoms with Crippen LogP contribution in [-0.4, -0.2) is 22.0 Å². The fraction of sp³-hybridized carbons (Fsp3) is 0.0556. The van der Waals surface area contributed by atoms with Crippen molar-refractivity contribution in [3.8, 4) is 0 Å². The van der Waals surface area contributed by atoms with Crippen LogP contribution in [-0.2, 0) is 0 Å². The van der Waals surface area contributed by atoms with E-state index in [4.69, 9.17) is 5.11 Å². The van der Waals surface area contributed by atoms with Crippen molar-refractivity contribution in [3.05, 3.63) is 77.7 Å². The molecule has 1 atom stereocenters. The third-order valence-electron chi connectivity index (χ3n) is 3.63. The summed E-state index contributed by atoms with van der Waals surface area (Å²) in [5, 5.41) is 12.1. The lowest BCUT2D eigenvalue weighted by atomic mass is 9.95. The Hall–Kier alpha value is -3.28. The van der Waals surface area contributed by atoms with Crippen molar-refractivity contribution >= 4 is 22.8 Å². The maximum atomic E-state index is 13.1. The van der Waals surface area contributed by atoms with Crippen LogP contribution in [0, 0.1) is 5.82 Å². The van der Waals surface area contributed by atoms with Crippen molar-refractivity contribution < 1.29 is 19.1 Å². The van der Waals surface area contributed by atoms with Crippen LogP contribution in [0.3, 0.4) is 0 Å². The molecule has 0 saturated carbocycles. The maximum Gasteiger partial charge on any atom is 0.405 e. The minimum absolute atomic E-state index is 0.211. The first kappa shape index (κ1) is 15.6. The molecule has 0 radical (unpaired) electrons. The standard InChI is InChI=1S/C18H13FN2O3/c19-13-8-6-12(7-9-13)17(22)16(21-18(23)24)14-5-1-3-11-4-2-10-20-15(11)14/h1-10,16,21H,(H,23,24). The topological polar surface area (TPSA) is 79.3 Å². The molecule has 6 heteroatoms. The summed E-state index contributed by atoms with van der Waals surface area (Å²) in [6.45, 7) is 0. The van der Waals surface area contributed by atoms with Crippen molar-refractivity contribution in [2.75, 3.05) is 0 Å². The molecule has 0 aliphatic heterocycles. The molecule has 1 aromatic heterocycles. The predicted octanol–water partition coefficient (Wildman–Crippen LogP) is 3.57. The molecule has 3 rings (SSSR count). The van der Waals surface area contributed by atoms with Gasteiger partial charge in [0.2, 0.25) is 0 Å². The zero-order valence-electron chi connectivity index (χ0n) is 12.4. The van der Waals surface area contributed by atoms with E-state index in [-0.39, 0.29) is 5.56 Å². The van der Waals surface area contributed by atoms with Gasteiger partial charge in [0.1, 0.15) is 11.9 Å². The first-order valence-electron chi connectivity index (χ1n) is 7.19. The van der Waals surface area contributed by atoms with E-state index >= 15 is 0 Å². The molecule has 120 valence electrons. The quantitative estimate of drug-likeness (QED) is 0.719. The van der Waals surface area contributed by atoms with Gasteiger partial charge in [-0.1, -0.05) is 24.3 Å². The summed E-state index contributed by atoms with van der Waals surface area (Å²) in [5.41, 5.74) is 1.20. The second-order valence-corrected chi connectivity index (χ2v) is 5.18. The van der Waals surface area contributed by atoms with Crippen LogP contribution >= 0.6 is 0 Å². The number of hydrogen-bond donors (Lipinski definition) is 2. The Morgan fingerprint density at radius 3 is 2.46 bits per heavy atom. The molecule has 24 heavy (non-hydrogen) atoms. The largest absolute Gasteiger partial charge is 0.465 e. The van der Waals surface area contributed by atoms with Crippen LogP contribution in [0.1, 0.15) is 22.0 Å². The van der Waals surface area contributed by atoms with E-state index in [0.29, 0.717) is 11.1 Å². The summed E-state index contributed by atoms with van der Waals surface area (Å²) in [6, 6.07) is 12.6. The third kappa shape index (κ3) is 3.08. The average Bonchev–Trinajstić information content (AvgIpc) is 2.59. The highest BCUT2D eigenvalue weighted by molar-refractivity contribution is 6.04. The van der Waals surface area contributed by atoms with E-state index in [2.05, 4.69) is 10.3 Å². The highest BCUT2D eigenvalue weighted by Crippen LogP contribution is 2.25. The number of para-hydroxylation sites is 1. The number of carbonyl (C=O) groups is 2. The number of Topliss-reactive ketones (excluding diaryl/α,β-unsaturated/α-hetero) is 1. The van der Waals surface area contributed by atoms with E-state index in [1.807, 2.05) is 12.1 Å². The number of carbonyl (C=O) groups excluding carboxylic acids is 1. The van der Waals surface area contributed by atoms with Gasteiger partial charge in [-0.05, 0) is 30.3 Å². The molecular weight excluding hydrogens is 311 g/mol. The highest BCUT2D eigenvalue weighted by Gasteiger charge is 2.26. The number of hydrogen-bond acceptors (Lipinski definition) is 3. The second-order valence-electron chi connectivity index (χ2n) is 5.18. The number of rotatable bonds is 4. The van der Waals surface area contributed by atoms with Gasteiger partial charge in [-0.25, -0.2) is 9.18 Å². The normalized spacial score (nSPS) is 11.9. The number of amides is 1. The lowest BCUT2D eigenvalue weighted by molar-refractivity contribution is 0.0937. The minimum atomic E-state index is -1.33. The first-order valence-corrected chi connectivity index (χ1v) is 7.19. The van der Waals surface area contributed by atoms with Gasteiger partial charge in [-0.2, -0.15) is 0 Å². The summed E-state index contributed by atoms with van der Waals surface area (Å²) in [4.78, 5) is 28.2. The first-order chi connectivity index (χ1) is 11.6. The van der Waals surface area contributed by atoms with Crippen molar-refractivity contribution in [2.24, 2.45) is 0 Å². The molecule has 1 unspecified atom stereocenters. The zero-order valence-corrected chi connectivity index (χ0v) is 12.4. The van der Waals surface area contributed by atoms with Gasteiger partial charge in [-0.15, -0.1) is 0 Å². The molecule has 0 saturated heterocycles. The van der Waals surface area contributed by atoms with Crippen LogP contribution in [0.25, 0.3) is 10.9 Å². The number of nitrogens with zero attached hydrogens (tertiary/aromatic N) is 1. The number of carboxylic acid groups (broad SMARTS) is 1. The van der Waals surface area contributed by atoms with Crippen LogP contribution in [0.4, 0.5) is 9.18 Å². The van der Waals surface area contributed by atoms with Crippen LogP contribution in [0.15, 0.2) is 60.8 Å². The Morgan fingerprint density at radius 1 is 1.04 bits per heavy atom. The highest BCUT2D eigenvalue weighted by atomic mass is 19.1. The Bertz CT molecular complexity index is 904. The molecule has 0 spiro atoms. The van der Waals surface area contributed by atoms with Gasteiger partial charge in [0.25, 0.3) is 0 Å². The number of ketones is 1. The minimum Gasteiger partial charge on any atom is -0.465 e. The molecule has 0 bridgehead atoms. The number of benzene rings is 2. The smallest absolute Gasteiger partial charge is 0.405 e. The Kier molecular flexibility index (Phi) is 4.20. The van der Waals surface area contributed by atoms with E-state index in [0.717, 1.165) is 17.5 Å². The molecule has 1 amide bonds. The molecule has 0 aliphatic rings. The fourth-order valence-electron chi connectivity index (χ4n) is 2.55. The zero-order chi connectivity index (χ0) is 17.1. The monoisotopic (exact) mass is 324 g/mol. The number of fused-ring (bicyclic) bond motifs is 1. The van der Waals surface area contributed by atoms with Crippen molar-refractivity contribution in [3.63, 3.8) is 0 Å². The van der Waals surface area contributed by atoms with E-state index in [9.17, 15) is 14.0 Å². The molecule has 2 aromatic carbocycles. The predicted molar refractivity (Wildman–Crippen MR) is 86.4 cm³/mol. The van der Waals surface area contributed by atoms with Gasteiger partial charge >= 0.3 is 6.09 Å². The van der Waals surface area contributed by atoms with Crippen LogP contribution < -0.4 is 5.32 Å². The van der Waals surface area contributed by atoms with Gasteiger partial charge < -0.3 is 10.4 Å². The van der Waals surface area contributed by atoms with Gasteiger partial charge in [0.05, 0.1) is 5.52 Å². The molecular formula is C18H13FN2O3. The van der Waals surface area contributed by atoms with E-state index < -0.39 is 23.7 Å². The van der Waals surface area contributed by atoms with Gasteiger partial charge in [0.15, 0.2) is 5.78 Å². The number of halogens is 1. The summed E-state index contributed by atoms with van der Waals surface area (Å²) in [7, 11) is 0. The fourth-order valence-corrected chi connectivity index (χ4v) is 2.55. The summed E-state index contributed by atoms with van der Waals surface area (Å²) >= 11 is 0. The number of pyridine rings is 1. The lowest BCUT2D eigenvalue weighted by Gasteiger charge is -2.18. The van der Waals surface area contributed by atoms with Gasteiger partial charge in [-0.3, -0.25) is 9.78 Å². The SMILES string of the molecule is O=C(O)NC(C(=O)c1ccc(F)cc1)c1cccc2cccnc12. The molecule has 0 aliphatic carbocycles. The van der Waals surface area contributed by atoms with Crippen LogP contribution in [0.5, 0.6) is 0 Å². The Labute approximate surface area is 136 Å². The molecule has 0 fully saturated rings. The second kappa shape index (κ2) is 6.45. The summed E-state index contributed by atoms with van der Waals surface area (Å²) in [5.74, 6) is -0.948. The number of nitrogens with one attached hydrogen (secondary N) is 1. The third-order valence-corrected chi connectivity index (χ3v) is 3.63. The number of aromatic nitrogens is 1. The summed E-state index contributed by atoms with van der Waals surface area (Å²) < 4.78 is 13.1. The molecule has 3 aromatic rings. The Morgan fingerprint density at radius 2 is 1.75 bits per heavy atom. The van der Waals surface area contributed by atoms with Gasteiger partial charge in [0, 0.05) is 22.7 Å². The van der Waals surface area contributed by atoms with Crippen molar-refractivity contribution in [1.29, 1.82) is 0 Å². The molecule has 1 heterocycles. The Balaban J connectivity index is 2.10. The van der Waals surface area contributed by atoms with Crippen molar-refractivity contribution in [1.82, 2.24) is 10.3 Å². The van der Waals surface area contributed by atoms with E-state index in [1.165, 1.54) is 12.1 Å². The molecule has 5 nitrogen and oxygen atoms in total. The summed E-state index contributed by atoms with van der Waals surface area (Å²) in [6.07, 6.45) is 0.245. The molecule has 2 N–H and O–H groups in total. The maximum absolute atomic E-state index is 13.1. The van der Waals surface area contributed by atoms with E-state index in [1.54, 1.807) is 24.4 Å².